The molecular weight excluding hydrogens is 348 g/mol. The summed E-state index contributed by atoms with van der Waals surface area (Å²) in [4.78, 5) is 1.95. The Morgan fingerprint density at radius 3 is 2.26 bits per heavy atom. The monoisotopic (exact) mass is 360 g/mol. The molecule has 0 saturated carbocycles. The molecule has 1 heterocycles. The van der Waals surface area contributed by atoms with Gasteiger partial charge in [0.15, 0.2) is 4.21 Å². The molecule has 2 aromatic rings. The average Bonchev–Trinajstić information content (AvgIpc) is 2.76. The number of thiophene rings is 1. The molecule has 0 spiro atoms. The number of anilines is 2. The lowest BCUT2D eigenvalue weighted by Gasteiger charge is -2.13. The molecule has 0 fully saturated rings. The summed E-state index contributed by atoms with van der Waals surface area (Å²) in [6.07, 6.45) is 0. The number of benzene rings is 1. The summed E-state index contributed by atoms with van der Waals surface area (Å²) in [7, 11) is 0.339. The molecule has 0 aliphatic carbocycles. The average molecular weight is 361 g/mol. The van der Waals surface area contributed by atoms with Crippen molar-refractivity contribution in [3.63, 3.8) is 0 Å². The highest BCUT2D eigenvalue weighted by Gasteiger charge is 2.19. The van der Waals surface area contributed by atoms with Crippen LogP contribution in [0.15, 0.2) is 44.4 Å². The predicted octanol–water partition coefficient (Wildman–Crippen LogP) is 3.38. The second-order valence-electron chi connectivity index (χ2n) is 4.10. The molecule has 0 atom stereocenters. The number of rotatable bonds is 4. The van der Waals surface area contributed by atoms with E-state index < -0.39 is 10.0 Å². The van der Waals surface area contributed by atoms with Gasteiger partial charge in [-0.2, -0.15) is 0 Å². The van der Waals surface area contributed by atoms with Gasteiger partial charge < -0.3 is 4.90 Å². The fraction of sp³-hybridized carbons (Fsp3) is 0.167. The molecule has 0 aliphatic rings. The van der Waals surface area contributed by atoms with Gasteiger partial charge in [-0.05, 0) is 51.6 Å². The number of nitrogens with one attached hydrogen (secondary N) is 1. The van der Waals surface area contributed by atoms with Gasteiger partial charge in [-0.15, -0.1) is 11.3 Å². The maximum absolute atomic E-state index is 12.2. The van der Waals surface area contributed by atoms with Gasteiger partial charge in [0.2, 0.25) is 0 Å². The number of hydrogen-bond acceptors (Lipinski definition) is 4. The van der Waals surface area contributed by atoms with Crippen molar-refractivity contribution >= 4 is 48.7 Å². The third kappa shape index (κ3) is 3.29. The van der Waals surface area contributed by atoms with E-state index in [4.69, 9.17) is 0 Å². The number of sulfonamides is 1. The van der Waals surface area contributed by atoms with Crippen molar-refractivity contribution in [2.75, 3.05) is 23.7 Å². The maximum atomic E-state index is 12.2. The first kappa shape index (κ1) is 14.4. The van der Waals surface area contributed by atoms with Gasteiger partial charge in [-0.3, -0.25) is 4.72 Å². The van der Waals surface area contributed by atoms with Crippen LogP contribution in [0.2, 0.25) is 0 Å². The summed E-state index contributed by atoms with van der Waals surface area (Å²) >= 11 is 4.41. The minimum absolute atomic E-state index is 0.282. The third-order valence-corrected chi connectivity index (χ3v) is 6.52. The largest absolute Gasteiger partial charge is 0.378 e. The van der Waals surface area contributed by atoms with Crippen molar-refractivity contribution < 1.29 is 8.42 Å². The van der Waals surface area contributed by atoms with Gasteiger partial charge in [0.25, 0.3) is 10.0 Å². The molecule has 0 bridgehead atoms. The molecule has 102 valence electrons. The van der Waals surface area contributed by atoms with Crippen LogP contribution in [0, 0.1) is 0 Å². The zero-order chi connectivity index (χ0) is 14.0. The molecule has 7 heteroatoms. The maximum Gasteiger partial charge on any atom is 0.272 e. The highest BCUT2D eigenvalue weighted by Crippen LogP contribution is 2.29. The fourth-order valence-electron chi connectivity index (χ4n) is 1.50. The van der Waals surface area contributed by atoms with Crippen molar-refractivity contribution in [1.29, 1.82) is 0 Å². The zero-order valence-corrected chi connectivity index (χ0v) is 13.6. The Morgan fingerprint density at radius 2 is 1.79 bits per heavy atom. The van der Waals surface area contributed by atoms with Gasteiger partial charge in [-0.25, -0.2) is 8.42 Å². The van der Waals surface area contributed by atoms with Gasteiger partial charge in [0.05, 0.1) is 0 Å². The Balaban J connectivity index is 2.24. The van der Waals surface area contributed by atoms with Crippen molar-refractivity contribution in [3.05, 3.63) is 40.2 Å². The van der Waals surface area contributed by atoms with Crippen LogP contribution in [-0.2, 0) is 10.0 Å². The van der Waals surface area contributed by atoms with Crippen LogP contribution in [0.3, 0.4) is 0 Å². The topological polar surface area (TPSA) is 49.4 Å². The summed E-state index contributed by atoms with van der Waals surface area (Å²) in [5.41, 5.74) is 1.56. The van der Waals surface area contributed by atoms with Crippen molar-refractivity contribution in [2.45, 2.75) is 4.21 Å². The van der Waals surface area contributed by atoms with Gasteiger partial charge in [0, 0.05) is 29.9 Å². The van der Waals surface area contributed by atoms with Crippen LogP contribution in [0.4, 0.5) is 11.4 Å². The van der Waals surface area contributed by atoms with E-state index in [0.717, 1.165) is 5.69 Å². The molecule has 1 N–H and O–H groups in total. The molecular formula is C12H13BrN2O2S2. The summed E-state index contributed by atoms with van der Waals surface area (Å²) < 4.78 is 27.7. The second-order valence-corrected chi connectivity index (χ2v) is 7.75. The smallest absolute Gasteiger partial charge is 0.272 e. The summed E-state index contributed by atoms with van der Waals surface area (Å²) in [6.45, 7) is 0. The zero-order valence-electron chi connectivity index (χ0n) is 10.4. The van der Waals surface area contributed by atoms with E-state index in [-0.39, 0.29) is 4.21 Å². The molecule has 2 rings (SSSR count). The SMILES string of the molecule is CN(C)c1ccc(NS(=O)(=O)c2sccc2Br)cc1. The first-order valence-electron chi connectivity index (χ1n) is 5.43. The summed E-state index contributed by atoms with van der Waals surface area (Å²) in [5.74, 6) is 0. The van der Waals surface area contributed by atoms with E-state index in [9.17, 15) is 8.42 Å². The van der Waals surface area contributed by atoms with Crippen LogP contribution in [0.25, 0.3) is 0 Å². The Labute approximate surface area is 125 Å². The molecule has 0 radical (unpaired) electrons. The van der Waals surface area contributed by atoms with Crippen LogP contribution in [-0.4, -0.2) is 22.5 Å². The Kier molecular flexibility index (Phi) is 4.17. The Bertz CT molecular complexity index is 663. The minimum Gasteiger partial charge on any atom is -0.378 e. The molecule has 0 saturated heterocycles. The number of hydrogen-bond donors (Lipinski definition) is 1. The Hall–Kier alpha value is -1.05. The second kappa shape index (κ2) is 5.52. The molecule has 4 nitrogen and oxygen atoms in total. The third-order valence-electron chi connectivity index (χ3n) is 2.46. The lowest BCUT2D eigenvalue weighted by Crippen LogP contribution is -2.12. The number of nitrogens with zero attached hydrogens (tertiary/aromatic N) is 1. The van der Waals surface area contributed by atoms with Crippen LogP contribution >= 0.6 is 27.3 Å². The van der Waals surface area contributed by atoms with E-state index >= 15 is 0 Å². The van der Waals surface area contributed by atoms with E-state index in [1.165, 1.54) is 11.3 Å². The normalized spacial score (nSPS) is 11.3. The van der Waals surface area contributed by atoms with Crippen molar-refractivity contribution in [3.8, 4) is 0 Å². The number of halogens is 1. The molecule has 0 amide bonds. The fourth-order valence-corrected chi connectivity index (χ4v) is 4.90. The Morgan fingerprint density at radius 1 is 1.16 bits per heavy atom. The highest BCUT2D eigenvalue weighted by molar-refractivity contribution is 9.10. The van der Waals surface area contributed by atoms with Gasteiger partial charge in [-0.1, -0.05) is 0 Å². The van der Waals surface area contributed by atoms with Gasteiger partial charge in [0.1, 0.15) is 0 Å². The first-order chi connectivity index (χ1) is 8.90. The van der Waals surface area contributed by atoms with Crippen molar-refractivity contribution in [2.24, 2.45) is 0 Å². The summed E-state index contributed by atoms with van der Waals surface area (Å²) in [5, 5.41) is 1.73. The molecule has 19 heavy (non-hydrogen) atoms. The first-order valence-corrected chi connectivity index (χ1v) is 8.59. The van der Waals surface area contributed by atoms with E-state index in [2.05, 4.69) is 20.7 Å². The molecule has 1 aromatic heterocycles. The van der Waals surface area contributed by atoms with Crippen LogP contribution in [0.5, 0.6) is 0 Å². The van der Waals surface area contributed by atoms with Crippen LogP contribution < -0.4 is 9.62 Å². The van der Waals surface area contributed by atoms with Crippen LogP contribution in [0.1, 0.15) is 0 Å². The highest BCUT2D eigenvalue weighted by atomic mass is 79.9. The minimum atomic E-state index is -3.53. The lowest BCUT2D eigenvalue weighted by molar-refractivity contribution is 0.603. The predicted molar refractivity (Wildman–Crippen MR) is 83.6 cm³/mol. The van der Waals surface area contributed by atoms with E-state index in [1.807, 2.05) is 31.1 Å². The quantitative estimate of drug-likeness (QED) is 0.908. The molecule has 1 aromatic carbocycles. The molecule has 0 unspecified atom stereocenters. The lowest BCUT2D eigenvalue weighted by atomic mass is 10.3. The van der Waals surface area contributed by atoms with Gasteiger partial charge >= 0.3 is 0 Å². The molecule has 0 aliphatic heterocycles. The van der Waals surface area contributed by atoms with Crippen molar-refractivity contribution in [1.82, 2.24) is 0 Å². The van der Waals surface area contributed by atoms with E-state index in [0.29, 0.717) is 10.2 Å². The standard InChI is InChI=1S/C12H13BrN2O2S2/c1-15(2)10-5-3-9(4-6-10)14-19(16,17)12-11(13)7-8-18-12/h3-8,14H,1-2H3. The summed E-state index contributed by atoms with van der Waals surface area (Å²) in [6, 6.07) is 8.93. The van der Waals surface area contributed by atoms with E-state index in [1.54, 1.807) is 23.6 Å².